The van der Waals surface area contributed by atoms with Gasteiger partial charge in [-0.3, -0.25) is 9.59 Å². The van der Waals surface area contributed by atoms with Gasteiger partial charge in [0.15, 0.2) is 0 Å². The third-order valence-corrected chi connectivity index (χ3v) is 6.14. The van der Waals surface area contributed by atoms with Crippen molar-refractivity contribution < 1.29 is 28.6 Å². The molecule has 1 fully saturated rings. The first-order valence-electron chi connectivity index (χ1n) is 11.7. The van der Waals surface area contributed by atoms with Crippen LogP contribution in [0.2, 0.25) is 0 Å². The minimum Gasteiger partial charge on any atom is -0.507 e. The molecule has 3 aromatic carbocycles. The number of ether oxygens (including phenoxy) is 2. The van der Waals surface area contributed by atoms with Gasteiger partial charge in [0, 0.05) is 25.8 Å². The van der Waals surface area contributed by atoms with Gasteiger partial charge in [0.25, 0.3) is 11.7 Å². The van der Waals surface area contributed by atoms with E-state index in [2.05, 4.69) is 0 Å². The van der Waals surface area contributed by atoms with Crippen LogP contribution in [0.1, 0.15) is 34.7 Å². The normalized spacial score (nSPS) is 17.0. The SMILES string of the molecule is COCCCN1C(=O)C(=O)/C(=C(\O)c2ccc(F)c(C)c2)C1c1cccc(OCc2ccccc2)c1. The van der Waals surface area contributed by atoms with Crippen LogP contribution in [0.3, 0.4) is 0 Å². The van der Waals surface area contributed by atoms with Gasteiger partial charge in [-0.15, -0.1) is 0 Å². The van der Waals surface area contributed by atoms with Crippen molar-refractivity contribution in [1.82, 2.24) is 4.90 Å². The summed E-state index contributed by atoms with van der Waals surface area (Å²) in [6.07, 6.45) is 0.514. The molecule has 0 bridgehead atoms. The molecule has 1 aliphatic heterocycles. The summed E-state index contributed by atoms with van der Waals surface area (Å²) < 4.78 is 24.9. The number of hydrogen-bond acceptors (Lipinski definition) is 5. The second-order valence-electron chi connectivity index (χ2n) is 8.65. The zero-order valence-corrected chi connectivity index (χ0v) is 20.2. The fourth-order valence-electron chi connectivity index (χ4n) is 4.30. The van der Waals surface area contributed by atoms with Crippen molar-refractivity contribution in [3.63, 3.8) is 0 Å². The number of carbonyl (C=O) groups is 2. The quantitative estimate of drug-likeness (QED) is 0.194. The molecule has 1 aliphatic rings. The van der Waals surface area contributed by atoms with Crippen molar-refractivity contribution in [3.05, 3.63) is 106 Å². The molecule has 0 radical (unpaired) electrons. The standard InChI is InChI=1S/C29H28FNO5/c1-19-16-22(12-13-24(19)30)27(32)25-26(31(14-7-15-35-2)29(34)28(25)33)21-10-6-11-23(17-21)36-18-20-8-4-3-5-9-20/h3-6,8-13,16-17,26,32H,7,14-15,18H2,1-2H3/b27-25-. The molecule has 36 heavy (non-hydrogen) atoms. The number of ketones is 1. The Morgan fingerprint density at radius 2 is 1.81 bits per heavy atom. The lowest BCUT2D eigenvalue weighted by Crippen LogP contribution is -2.31. The zero-order valence-electron chi connectivity index (χ0n) is 20.2. The lowest BCUT2D eigenvalue weighted by molar-refractivity contribution is -0.140. The average molecular weight is 490 g/mol. The Kier molecular flexibility index (Phi) is 7.80. The number of aliphatic hydroxyl groups excluding tert-OH is 1. The maximum absolute atomic E-state index is 13.8. The van der Waals surface area contributed by atoms with Crippen LogP contribution in [0, 0.1) is 12.7 Å². The Morgan fingerprint density at radius 3 is 2.53 bits per heavy atom. The predicted molar refractivity (Wildman–Crippen MR) is 134 cm³/mol. The Hall–Kier alpha value is -3.97. The Bertz CT molecular complexity index is 1290. The number of rotatable bonds is 9. The summed E-state index contributed by atoms with van der Waals surface area (Å²) in [6, 6.07) is 20.1. The summed E-state index contributed by atoms with van der Waals surface area (Å²) in [6.45, 7) is 2.60. The summed E-state index contributed by atoms with van der Waals surface area (Å²) in [7, 11) is 1.57. The lowest BCUT2D eigenvalue weighted by Gasteiger charge is -2.25. The van der Waals surface area contributed by atoms with E-state index in [1.54, 1.807) is 38.3 Å². The molecule has 186 valence electrons. The number of aryl methyl sites for hydroxylation is 1. The first-order chi connectivity index (χ1) is 17.4. The van der Waals surface area contributed by atoms with Gasteiger partial charge < -0.3 is 19.5 Å². The smallest absolute Gasteiger partial charge is 0.295 e. The average Bonchev–Trinajstić information content (AvgIpc) is 3.14. The molecule has 7 heteroatoms. The van der Waals surface area contributed by atoms with Crippen LogP contribution in [0.25, 0.3) is 5.76 Å². The molecule has 0 saturated carbocycles. The molecule has 6 nitrogen and oxygen atoms in total. The molecule has 1 saturated heterocycles. The lowest BCUT2D eigenvalue weighted by atomic mass is 9.94. The molecule has 1 heterocycles. The fourth-order valence-corrected chi connectivity index (χ4v) is 4.30. The van der Waals surface area contributed by atoms with Crippen LogP contribution < -0.4 is 4.74 Å². The molecule has 0 spiro atoms. The molecule has 1 atom stereocenters. The number of aliphatic hydroxyl groups is 1. The van der Waals surface area contributed by atoms with E-state index in [1.807, 2.05) is 30.3 Å². The van der Waals surface area contributed by atoms with E-state index in [0.29, 0.717) is 36.5 Å². The maximum atomic E-state index is 13.8. The molecule has 1 amide bonds. The van der Waals surface area contributed by atoms with Crippen LogP contribution in [0.5, 0.6) is 5.75 Å². The van der Waals surface area contributed by atoms with Crippen molar-refractivity contribution in [2.75, 3.05) is 20.3 Å². The first-order valence-corrected chi connectivity index (χ1v) is 11.7. The minimum atomic E-state index is -0.826. The molecule has 4 rings (SSSR count). The summed E-state index contributed by atoms with van der Waals surface area (Å²) in [5, 5.41) is 11.2. The second kappa shape index (κ2) is 11.2. The van der Waals surface area contributed by atoms with Gasteiger partial charge in [0.05, 0.1) is 11.6 Å². The number of halogens is 1. The van der Waals surface area contributed by atoms with Crippen molar-refractivity contribution in [3.8, 4) is 5.75 Å². The molecule has 1 unspecified atom stereocenters. The van der Waals surface area contributed by atoms with Crippen LogP contribution >= 0.6 is 0 Å². The highest BCUT2D eigenvalue weighted by Crippen LogP contribution is 2.40. The van der Waals surface area contributed by atoms with Gasteiger partial charge in [-0.1, -0.05) is 42.5 Å². The van der Waals surface area contributed by atoms with E-state index in [9.17, 15) is 19.1 Å². The zero-order chi connectivity index (χ0) is 25.7. The van der Waals surface area contributed by atoms with E-state index in [1.165, 1.54) is 23.1 Å². The highest BCUT2D eigenvalue weighted by molar-refractivity contribution is 6.46. The molecule has 0 aromatic heterocycles. The number of nitrogens with zero attached hydrogens (tertiary/aromatic N) is 1. The number of hydrogen-bond donors (Lipinski definition) is 1. The third kappa shape index (κ3) is 5.31. The number of amides is 1. The van der Waals surface area contributed by atoms with E-state index in [4.69, 9.17) is 9.47 Å². The summed E-state index contributed by atoms with van der Waals surface area (Å²) >= 11 is 0. The maximum Gasteiger partial charge on any atom is 0.295 e. The van der Waals surface area contributed by atoms with Gasteiger partial charge in [0.1, 0.15) is 23.9 Å². The highest BCUT2D eigenvalue weighted by atomic mass is 19.1. The van der Waals surface area contributed by atoms with Gasteiger partial charge in [-0.25, -0.2) is 4.39 Å². The Labute approximate surface area is 209 Å². The van der Waals surface area contributed by atoms with Gasteiger partial charge in [-0.2, -0.15) is 0 Å². The number of carbonyl (C=O) groups excluding carboxylic acids is 2. The van der Waals surface area contributed by atoms with Gasteiger partial charge in [-0.05, 0) is 60.4 Å². The summed E-state index contributed by atoms with van der Waals surface area (Å²) in [5.41, 5.74) is 2.17. The third-order valence-electron chi connectivity index (χ3n) is 6.14. The topological polar surface area (TPSA) is 76.1 Å². The van der Waals surface area contributed by atoms with Crippen molar-refractivity contribution >= 4 is 17.4 Å². The molecule has 1 N–H and O–H groups in total. The molecule has 0 aliphatic carbocycles. The number of Topliss-reactive ketones (excluding diaryl/α,β-unsaturated/α-hetero) is 1. The van der Waals surface area contributed by atoms with E-state index in [0.717, 1.165) is 5.56 Å². The fraction of sp³-hybridized carbons (Fsp3) is 0.241. The predicted octanol–water partition coefficient (Wildman–Crippen LogP) is 5.17. The minimum absolute atomic E-state index is 0.0383. The van der Waals surface area contributed by atoms with Crippen molar-refractivity contribution in [2.24, 2.45) is 0 Å². The number of benzene rings is 3. The summed E-state index contributed by atoms with van der Waals surface area (Å²) in [5.74, 6) is -1.69. The largest absolute Gasteiger partial charge is 0.507 e. The van der Waals surface area contributed by atoms with E-state index in [-0.39, 0.29) is 23.4 Å². The van der Waals surface area contributed by atoms with E-state index >= 15 is 0 Å². The van der Waals surface area contributed by atoms with Gasteiger partial charge >= 0.3 is 0 Å². The van der Waals surface area contributed by atoms with Crippen molar-refractivity contribution in [2.45, 2.75) is 26.0 Å². The number of likely N-dealkylation sites (tertiary alicyclic amines) is 1. The first kappa shape index (κ1) is 25.1. The van der Waals surface area contributed by atoms with Crippen molar-refractivity contribution in [1.29, 1.82) is 0 Å². The summed E-state index contributed by atoms with van der Waals surface area (Å²) in [4.78, 5) is 27.6. The monoisotopic (exact) mass is 489 g/mol. The molecule has 3 aromatic rings. The van der Waals surface area contributed by atoms with E-state index < -0.39 is 23.5 Å². The number of methoxy groups -OCH3 is 1. The van der Waals surface area contributed by atoms with Crippen LogP contribution in [0.4, 0.5) is 4.39 Å². The Balaban J connectivity index is 1.74. The van der Waals surface area contributed by atoms with Crippen LogP contribution in [-0.4, -0.2) is 42.0 Å². The second-order valence-corrected chi connectivity index (χ2v) is 8.65. The van der Waals surface area contributed by atoms with Crippen LogP contribution in [-0.2, 0) is 20.9 Å². The van der Waals surface area contributed by atoms with Crippen LogP contribution in [0.15, 0.2) is 78.4 Å². The highest BCUT2D eigenvalue weighted by Gasteiger charge is 2.45. The molecular formula is C29H28FNO5. The van der Waals surface area contributed by atoms with Gasteiger partial charge in [0.2, 0.25) is 0 Å². The Morgan fingerprint density at radius 1 is 1.03 bits per heavy atom. The molecular weight excluding hydrogens is 461 g/mol.